The SMILES string of the molecule is C=CCCn1cc(CNCC)c2ccccc21. The molecule has 0 unspecified atom stereocenters. The monoisotopic (exact) mass is 228 g/mol. The maximum absolute atomic E-state index is 3.79. The van der Waals surface area contributed by atoms with E-state index in [1.807, 2.05) is 6.08 Å². The Labute approximate surface area is 103 Å². The van der Waals surface area contributed by atoms with Crippen LogP contribution in [0.25, 0.3) is 10.9 Å². The van der Waals surface area contributed by atoms with Gasteiger partial charge in [-0.3, -0.25) is 0 Å². The van der Waals surface area contributed by atoms with Gasteiger partial charge >= 0.3 is 0 Å². The van der Waals surface area contributed by atoms with Crippen molar-refractivity contribution < 1.29 is 0 Å². The predicted octanol–water partition coefficient (Wildman–Crippen LogP) is 3.33. The molecule has 90 valence electrons. The van der Waals surface area contributed by atoms with Gasteiger partial charge in [-0.05, 0) is 24.6 Å². The number of para-hydroxylation sites is 1. The Balaban J connectivity index is 2.35. The molecule has 1 N–H and O–H groups in total. The first-order valence-corrected chi connectivity index (χ1v) is 6.25. The molecule has 0 radical (unpaired) electrons. The van der Waals surface area contributed by atoms with E-state index in [-0.39, 0.29) is 0 Å². The average Bonchev–Trinajstić information content (AvgIpc) is 2.72. The summed E-state index contributed by atoms with van der Waals surface area (Å²) in [7, 11) is 0. The second kappa shape index (κ2) is 5.69. The Hall–Kier alpha value is -1.54. The zero-order valence-electron chi connectivity index (χ0n) is 10.4. The van der Waals surface area contributed by atoms with E-state index >= 15 is 0 Å². The largest absolute Gasteiger partial charge is 0.347 e. The topological polar surface area (TPSA) is 17.0 Å². The maximum atomic E-state index is 3.79. The molecule has 2 nitrogen and oxygen atoms in total. The van der Waals surface area contributed by atoms with Crippen LogP contribution < -0.4 is 5.32 Å². The lowest BCUT2D eigenvalue weighted by Gasteiger charge is -2.01. The van der Waals surface area contributed by atoms with Crippen LogP contribution >= 0.6 is 0 Å². The van der Waals surface area contributed by atoms with Crippen molar-refractivity contribution in [2.75, 3.05) is 6.54 Å². The van der Waals surface area contributed by atoms with Crippen molar-refractivity contribution in [3.05, 3.63) is 48.7 Å². The van der Waals surface area contributed by atoms with E-state index in [1.54, 1.807) is 0 Å². The minimum atomic E-state index is 0.943. The van der Waals surface area contributed by atoms with E-state index in [9.17, 15) is 0 Å². The molecule has 2 rings (SSSR count). The molecule has 0 aliphatic carbocycles. The first-order chi connectivity index (χ1) is 8.36. The molecule has 0 bridgehead atoms. The fourth-order valence-electron chi connectivity index (χ4n) is 2.14. The van der Waals surface area contributed by atoms with Gasteiger partial charge in [-0.1, -0.05) is 31.2 Å². The number of rotatable bonds is 6. The summed E-state index contributed by atoms with van der Waals surface area (Å²) in [5, 5.41) is 4.75. The number of nitrogens with zero attached hydrogens (tertiary/aromatic N) is 1. The molecule has 1 aromatic carbocycles. The van der Waals surface area contributed by atoms with Crippen LogP contribution in [-0.2, 0) is 13.1 Å². The highest BCUT2D eigenvalue weighted by atomic mass is 15.0. The summed E-state index contributed by atoms with van der Waals surface area (Å²) in [6, 6.07) is 8.60. The van der Waals surface area contributed by atoms with Crippen molar-refractivity contribution in [3.63, 3.8) is 0 Å². The molecule has 0 aliphatic rings. The molecule has 0 atom stereocenters. The van der Waals surface area contributed by atoms with Crippen LogP contribution in [-0.4, -0.2) is 11.1 Å². The van der Waals surface area contributed by atoms with Crippen LogP contribution in [0.2, 0.25) is 0 Å². The molecular weight excluding hydrogens is 208 g/mol. The van der Waals surface area contributed by atoms with E-state index in [0.29, 0.717) is 0 Å². The van der Waals surface area contributed by atoms with Crippen LogP contribution in [0.4, 0.5) is 0 Å². The van der Waals surface area contributed by atoms with Crippen LogP contribution in [0.1, 0.15) is 18.9 Å². The van der Waals surface area contributed by atoms with Gasteiger partial charge in [-0.2, -0.15) is 0 Å². The lowest BCUT2D eigenvalue weighted by Crippen LogP contribution is -2.11. The second-order valence-electron chi connectivity index (χ2n) is 4.22. The van der Waals surface area contributed by atoms with Crippen molar-refractivity contribution in [2.24, 2.45) is 0 Å². The van der Waals surface area contributed by atoms with Gasteiger partial charge in [-0.25, -0.2) is 0 Å². The van der Waals surface area contributed by atoms with E-state index in [0.717, 1.165) is 26.1 Å². The van der Waals surface area contributed by atoms with Crippen LogP contribution in [0.15, 0.2) is 43.1 Å². The third-order valence-corrected chi connectivity index (χ3v) is 3.01. The number of fused-ring (bicyclic) bond motifs is 1. The Kier molecular flexibility index (Phi) is 3.99. The Morgan fingerprint density at radius 2 is 2.18 bits per heavy atom. The van der Waals surface area contributed by atoms with Crippen molar-refractivity contribution >= 4 is 10.9 Å². The average molecular weight is 228 g/mol. The molecule has 0 amide bonds. The van der Waals surface area contributed by atoms with Crippen molar-refractivity contribution in [2.45, 2.75) is 26.4 Å². The third kappa shape index (κ3) is 2.59. The minimum Gasteiger partial charge on any atom is -0.347 e. The molecule has 1 aromatic heterocycles. The van der Waals surface area contributed by atoms with E-state index < -0.39 is 0 Å². The first-order valence-electron chi connectivity index (χ1n) is 6.25. The number of hydrogen-bond acceptors (Lipinski definition) is 1. The number of nitrogens with one attached hydrogen (secondary N) is 1. The maximum Gasteiger partial charge on any atom is 0.0483 e. The zero-order chi connectivity index (χ0) is 12.1. The lowest BCUT2D eigenvalue weighted by molar-refractivity contribution is 0.709. The summed E-state index contributed by atoms with van der Waals surface area (Å²) in [6.07, 6.45) is 5.24. The van der Waals surface area contributed by atoms with Gasteiger partial charge in [0.25, 0.3) is 0 Å². The standard InChI is InChI=1S/C15H20N2/c1-3-5-10-17-12-13(11-16-4-2)14-8-6-7-9-15(14)17/h3,6-9,12,16H,1,4-5,10-11H2,2H3. The number of aryl methyl sites for hydroxylation is 1. The van der Waals surface area contributed by atoms with Crippen molar-refractivity contribution in [3.8, 4) is 0 Å². The molecule has 0 fully saturated rings. The fraction of sp³-hybridized carbons (Fsp3) is 0.333. The van der Waals surface area contributed by atoms with Gasteiger partial charge in [0.15, 0.2) is 0 Å². The second-order valence-corrected chi connectivity index (χ2v) is 4.22. The van der Waals surface area contributed by atoms with Crippen LogP contribution in [0.3, 0.4) is 0 Å². The lowest BCUT2D eigenvalue weighted by atomic mass is 10.2. The molecule has 0 saturated carbocycles. The third-order valence-electron chi connectivity index (χ3n) is 3.01. The summed E-state index contributed by atoms with van der Waals surface area (Å²) in [4.78, 5) is 0. The Morgan fingerprint density at radius 1 is 1.35 bits per heavy atom. The summed E-state index contributed by atoms with van der Waals surface area (Å²) < 4.78 is 2.32. The minimum absolute atomic E-state index is 0.943. The Bertz CT molecular complexity index is 497. The van der Waals surface area contributed by atoms with Crippen LogP contribution in [0.5, 0.6) is 0 Å². The smallest absolute Gasteiger partial charge is 0.0483 e. The molecule has 2 heteroatoms. The highest BCUT2D eigenvalue weighted by molar-refractivity contribution is 5.83. The molecule has 0 aliphatic heterocycles. The van der Waals surface area contributed by atoms with Crippen molar-refractivity contribution in [1.82, 2.24) is 9.88 Å². The van der Waals surface area contributed by atoms with Crippen molar-refractivity contribution in [1.29, 1.82) is 0 Å². The van der Waals surface area contributed by atoms with E-state index in [4.69, 9.17) is 0 Å². The highest BCUT2D eigenvalue weighted by Gasteiger charge is 2.06. The van der Waals surface area contributed by atoms with Gasteiger partial charge in [0.2, 0.25) is 0 Å². The molecular formula is C15H20N2. The number of benzene rings is 1. The van der Waals surface area contributed by atoms with Gasteiger partial charge in [-0.15, -0.1) is 6.58 Å². The summed E-state index contributed by atoms with van der Waals surface area (Å²) in [6.45, 7) is 8.88. The number of aromatic nitrogens is 1. The van der Waals surface area contributed by atoms with E-state index in [1.165, 1.54) is 16.5 Å². The molecule has 0 spiro atoms. The highest BCUT2D eigenvalue weighted by Crippen LogP contribution is 2.21. The molecule has 17 heavy (non-hydrogen) atoms. The van der Waals surface area contributed by atoms with E-state index in [2.05, 4.69) is 53.8 Å². The summed E-state index contributed by atoms with van der Waals surface area (Å²) in [5.41, 5.74) is 2.70. The summed E-state index contributed by atoms with van der Waals surface area (Å²) >= 11 is 0. The Morgan fingerprint density at radius 3 is 2.94 bits per heavy atom. The first kappa shape index (κ1) is 11.9. The van der Waals surface area contributed by atoms with Gasteiger partial charge < -0.3 is 9.88 Å². The molecule has 2 aromatic rings. The quantitative estimate of drug-likeness (QED) is 0.750. The zero-order valence-corrected chi connectivity index (χ0v) is 10.4. The predicted molar refractivity (Wildman–Crippen MR) is 74.1 cm³/mol. The number of hydrogen-bond donors (Lipinski definition) is 1. The normalized spacial score (nSPS) is 10.9. The number of allylic oxidation sites excluding steroid dienone is 1. The fourth-order valence-corrected chi connectivity index (χ4v) is 2.14. The molecule has 0 saturated heterocycles. The van der Waals surface area contributed by atoms with Crippen LogP contribution in [0, 0.1) is 0 Å². The van der Waals surface area contributed by atoms with Gasteiger partial charge in [0, 0.05) is 30.2 Å². The molecule has 1 heterocycles. The van der Waals surface area contributed by atoms with Gasteiger partial charge in [0.1, 0.15) is 0 Å². The summed E-state index contributed by atoms with van der Waals surface area (Å²) in [5.74, 6) is 0. The van der Waals surface area contributed by atoms with Gasteiger partial charge in [0.05, 0.1) is 0 Å².